The van der Waals surface area contributed by atoms with Crippen LogP contribution in [0.3, 0.4) is 0 Å². The Kier molecular flexibility index (Phi) is 1.39. The molecule has 10 heavy (non-hydrogen) atoms. The van der Waals surface area contributed by atoms with Gasteiger partial charge in [0.1, 0.15) is 5.71 Å². The van der Waals surface area contributed by atoms with E-state index in [1.807, 2.05) is 0 Å². The number of rotatable bonds is 0. The molecule has 0 aromatic rings. The van der Waals surface area contributed by atoms with Crippen LogP contribution in [-0.2, 0) is 0 Å². The van der Waals surface area contributed by atoms with Crippen molar-refractivity contribution in [3.05, 3.63) is 24.4 Å². The molecule has 0 amide bonds. The molecule has 1 rings (SSSR count). The van der Waals surface area contributed by atoms with Gasteiger partial charge in [0.05, 0.1) is 5.70 Å². The highest BCUT2D eigenvalue weighted by Crippen LogP contribution is 2.22. The van der Waals surface area contributed by atoms with Crippen LogP contribution < -0.4 is 0 Å². The fraction of sp³-hybridized carbons (Fsp3) is 0.167. The van der Waals surface area contributed by atoms with Crippen molar-refractivity contribution in [3.8, 4) is 0 Å². The van der Waals surface area contributed by atoms with E-state index in [4.69, 9.17) is 0 Å². The summed E-state index contributed by atoms with van der Waals surface area (Å²) in [4.78, 5) is 3.15. The summed E-state index contributed by atoms with van der Waals surface area (Å²) in [5.41, 5.74) is -0.732. The van der Waals surface area contributed by atoms with Crippen molar-refractivity contribution in [3.63, 3.8) is 0 Å². The highest BCUT2D eigenvalue weighted by Gasteiger charge is 2.35. The van der Waals surface area contributed by atoms with E-state index in [0.717, 1.165) is 6.08 Å². The largest absolute Gasteiger partial charge is 0.433 e. The van der Waals surface area contributed by atoms with Crippen molar-refractivity contribution in [1.82, 2.24) is 0 Å². The van der Waals surface area contributed by atoms with Crippen molar-refractivity contribution in [1.29, 1.82) is 0 Å². The van der Waals surface area contributed by atoms with E-state index >= 15 is 0 Å². The molecule has 0 saturated heterocycles. The normalized spacial score (nSPS) is 17.9. The molecule has 0 radical (unpaired) electrons. The highest BCUT2D eigenvalue weighted by atomic mass is 19.4. The Bertz CT molecular complexity index is 222. The lowest BCUT2D eigenvalue weighted by Crippen LogP contribution is -2.18. The quantitative estimate of drug-likeness (QED) is 0.497. The van der Waals surface area contributed by atoms with Gasteiger partial charge in [0.2, 0.25) is 0 Å². The van der Waals surface area contributed by atoms with Crippen LogP contribution >= 0.6 is 0 Å². The van der Waals surface area contributed by atoms with Crippen LogP contribution in [0, 0.1) is 0 Å². The molecular weight excluding hydrogens is 143 g/mol. The SMILES string of the molecule is C=C1C=CC(C(F)(F)F)=N1. The van der Waals surface area contributed by atoms with Gasteiger partial charge in [-0.25, -0.2) is 4.99 Å². The molecule has 0 unspecified atom stereocenters. The van der Waals surface area contributed by atoms with E-state index in [2.05, 4.69) is 11.6 Å². The zero-order chi connectivity index (χ0) is 7.78. The summed E-state index contributed by atoms with van der Waals surface area (Å²) in [7, 11) is 0. The zero-order valence-electron chi connectivity index (χ0n) is 4.94. The summed E-state index contributed by atoms with van der Waals surface area (Å²) < 4.78 is 35.1. The lowest BCUT2D eigenvalue weighted by Gasteiger charge is -2.01. The summed E-state index contributed by atoms with van der Waals surface area (Å²) in [6.45, 7) is 3.24. The summed E-state index contributed by atoms with van der Waals surface area (Å²) in [5.74, 6) is 0. The smallest absolute Gasteiger partial charge is 0.245 e. The predicted molar refractivity (Wildman–Crippen MR) is 31.8 cm³/mol. The molecule has 1 heterocycles. The average Bonchev–Trinajstić information content (AvgIpc) is 2.11. The van der Waals surface area contributed by atoms with Gasteiger partial charge >= 0.3 is 6.18 Å². The van der Waals surface area contributed by atoms with Gasteiger partial charge in [0.25, 0.3) is 0 Å². The Morgan fingerprint density at radius 2 is 1.90 bits per heavy atom. The molecule has 54 valence electrons. The Labute approximate surface area is 55.6 Å². The van der Waals surface area contributed by atoms with Crippen LogP contribution in [0.25, 0.3) is 0 Å². The van der Waals surface area contributed by atoms with Crippen LogP contribution in [0.1, 0.15) is 0 Å². The number of alkyl halides is 3. The third kappa shape index (κ3) is 1.26. The Morgan fingerprint density at radius 1 is 1.30 bits per heavy atom. The highest BCUT2D eigenvalue weighted by molar-refractivity contribution is 6.02. The molecule has 0 N–H and O–H groups in total. The first-order valence-electron chi connectivity index (χ1n) is 2.53. The number of nitrogens with zero attached hydrogens (tertiary/aromatic N) is 1. The van der Waals surface area contributed by atoms with Crippen LogP contribution in [0.2, 0.25) is 0 Å². The van der Waals surface area contributed by atoms with Gasteiger partial charge in [-0.15, -0.1) is 0 Å². The van der Waals surface area contributed by atoms with Crippen molar-refractivity contribution in [2.45, 2.75) is 6.18 Å². The number of hydrogen-bond acceptors (Lipinski definition) is 1. The molecule has 0 saturated carbocycles. The molecular formula is C6H4F3N. The fourth-order valence-electron chi connectivity index (χ4n) is 0.562. The Hall–Kier alpha value is -1.06. The van der Waals surface area contributed by atoms with E-state index in [1.165, 1.54) is 6.08 Å². The number of aliphatic imine (C=N–C) groups is 1. The van der Waals surface area contributed by atoms with Gasteiger partial charge in [-0.3, -0.25) is 0 Å². The summed E-state index contributed by atoms with van der Waals surface area (Å²) in [5, 5.41) is 0. The second kappa shape index (κ2) is 1.97. The molecule has 0 aromatic carbocycles. The number of halogens is 3. The maximum atomic E-state index is 11.7. The summed E-state index contributed by atoms with van der Waals surface area (Å²) in [6, 6.07) is 0. The van der Waals surface area contributed by atoms with E-state index in [9.17, 15) is 13.2 Å². The van der Waals surface area contributed by atoms with Gasteiger partial charge in [-0.1, -0.05) is 6.58 Å². The second-order valence-corrected chi connectivity index (χ2v) is 1.82. The Balaban J connectivity index is 2.88. The fourth-order valence-corrected chi connectivity index (χ4v) is 0.562. The monoisotopic (exact) mass is 147 g/mol. The molecule has 1 aliphatic heterocycles. The van der Waals surface area contributed by atoms with Gasteiger partial charge < -0.3 is 0 Å². The van der Waals surface area contributed by atoms with E-state index in [-0.39, 0.29) is 5.70 Å². The van der Waals surface area contributed by atoms with Crippen molar-refractivity contribution < 1.29 is 13.2 Å². The van der Waals surface area contributed by atoms with Crippen LogP contribution in [0.5, 0.6) is 0 Å². The third-order valence-electron chi connectivity index (χ3n) is 0.988. The first kappa shape index (κ1) is 7.05. The maximum Gasteiger partial charge on any atom is 0.433 e. The second-order valence-electron chi connectivity index (χ2n) is 1.82. The molecule has 1 nitrogen and oxygen atoms in total. The van der Waals surface area contributed by atoms with Gasteiger partial charge in [-0.2, -0.15) is 13.2 Å². The first-order valence-corrected chi connectivity index (χ1v) is 2.53. The van der Waals surface area contributed by atoms with E-state index in [0.29, 0.717) is 0 Å². The Morgan fingerprint density at radius 3 is 2.10 bits per heavy atom. The van der Waals surface area contributed by atoms with E-state index in [1.54, 1.807) is 0 Å². The molecule has 0 bridgehead atoms. The van der Waals surface area contributed by atoms with E-state index < -0.39 is 11.9 Å². The first-order chi connectivity index (χ1) is 4.50. The minimum absolute atomic E-state index is 0.146. The van der Waals surface area contributed by atoms with Crippen molar-refractivity contribution in [2.24, 2.45) is 4.99 Å². The molecule has 0 spiro atoms. The molecule has 1 aliphatic rings. The maximum absolute atomic E-state index is 11.7. The number of allylic oxidation sites excluding steroid dienone is 2. The third-order valence-corrected chi connectivity index (χ3v) is 0.988. The van der Waals surface area contributed by atoms with Gasteiger partial charge in [0, 0.05) is 0 Å². The lowest BCUT2D eigenvalue weighted by atomic mass is 10.3. The minimum Gasteiger partial charge on any atom is -0.245 e. The van der Waals surface area contributed by atoms with Gasteiger partial charge in [0.15, 0.2) is 0 Å². The molecule has 0 aliphatic carbocycles. The van der Waals surface area contributed by atoms with Gasteiger partial charge in [-0.05, 0) is 12.2 Å². The molecule has 0 aromatic heterocycles. The topological polar surface area (TPSA) is 12.4 Å². The van der Waals surface area contributed by atoms with Crippen LogP contribution in [0.4, 0.5) is 13.2 Å². The van der Waals surface area contributed by atoms with Crippen molar-refractivity contribution in [2.75, 3.05) is 0 Å². The minimum atomic E-state index is -4.34. The summed E-state index contributed by atoms with van der Waals surface area (Å²) >= 11 is 0. The van der Waals surface area contributed by atoms with Crippen molar-refractivity contribution >= 4 is 5.71 Å². The van der Waals surface area contributed by atoms with Crippen LogP contribution in [-0.4, -0.2) is 11.9 Å². The zero-order valence-corrected chi connectivity index (χ0v) is 4.94. The standard InChI is InChI=1S/C6H4F3N/c1-4-2-3-5(10-4)6(7,8)9/h2-3H,1H2. The molecule has 0 atom stereocenters. The average molecular weight is 147 g/mol. The summed E-state index contributed by atoms with van der Waals surface area (Å²) in [6.07, 6.45) is -2.21. The lowest BCUT2D eigenvalue weighted by molar-refractivity contribution is -0.0575. The molecule has 4 heteroatoms. The van der Waals surface area contributed by atoms with Crippen LogP contribution in [0.15, 0.2) is 29.4 Å². The number of hydrogen-bond donors (Lipinski definition) is 0. The predicted octanol–water partition coefficient (Wildman–Crippen LogP) is 2.07. The molecule has 0 fully saturated rings.